The Hall–Kier alpha value is -1.88. The van der Waals surface area contributed by atoms with Gasteiger partial charge in [0.2, 0.25) is 5.91 Å². The molecule has 24 heavy (non-hydrogen) atoms. The highest BCUT2D eigenvalue weighted by Gasteiger charge is 2.35. The molecular formula is C19H28N4O. The molecular weight excluding hydrogens is 300 g/mol. The van der Waals surface area contributed by atoms with E-state index in [1.807, 2.05) is 11.0 Å². The summed E-state index contributed by atoms with van der Waals surface area (Å²) in [5.41, 5.74) is 2.22. The van der Waals surface area contributed by atoms with Gasteiger partial charge in [-0.2, -0.15) is 0 Å². The minimum atomic E-state index is 0.201. The lowest BCUT2D eigenvalue weighted by molar-refractivity contribution is -0.129. The fourth-order valence-electron chi connectivity index (χ4n) is 3.59. The highest BCUT2D eigenvalue weighted by molar-refractivity contribution is 5.81. The Morgan fingerprint density at radius 1 is 1.29 bits per heavy atom. The van der Waals surface area contributed by atoms with Gasteiger partial charge in [0.05, 0.1) is 11.0 Å². The largest absolute Gasteiger partial charge is 0.340 e. The van der Waals surface area contributed by atoms with Crippen molar-refractivity contribution in [2.75, 3.05) is 27.2 Å². The van der Waals surface area contributed by atoms with Gasteiger partial charge < -0.3 is 14.4 Å². The van der Waals surface area contributed by atoms with Crippen LogP contribution < -0.4 is 0 Å². The number of benzene rings is 1. The molecule has 0 bridgehead atoms. The number of hydrogen-bond donors (Lipinski definition) is 0. The molecule has 5 heteroatoms. The lowest BCUT2D eigenvalue weighted by Gasteiger charge is -2.21. The van der Waals surface area contributed by atoms with Crippen LogP contribution in [0.1, 0.15) is 38.4 Å². The number of para-hydroxylation sites is 2. The molecule has 5 nitrogen and oxygen atoms in total. The average molecular weight is 328 g/mol. The molecule has 2 aromatic rings. The van der Waals surface area contributed by atoms with E-state index in [9.17, 15) is 4.79 Å². The zero-order valence-corrected chi connectivity index (χ0v) is 15.2. The van der Waals surface area contributed by atoms with Gasteiger partial charge in [-0.1, -0.05) is 12.1 Å². The van der Waals surface area contributed by atoms with E-state index in [1.165, 1.54) is 5.52 Å². The van der Waals surface area contributed by atoms with E-state index in [0.717, 1.165) is 37.4 Å². The summed E-state index contributed by atoms with van der Waals surface area (Å²) in [5, 5.41) is 0. The predicted octanol–water partition coefficient (Wildman–Crippen LogP) is 2.71. The van der Waals surface area contributed by atoms with Crippen molar-refractivity contribution >= 4 is 16.9 Å². The number of imidazole rings is 1. The van der Waals surface area contributed by atoms with Crippen molar-refractivity contribution in [2.45, 2.75) is 45.2 Å². The molecule has 2 heterocycles. The number of carbonyl (C=O) groups excluding carboxylic acids is 1. The monoisotopic (exact) mass is 328 g/mol. The van der Waals surface area contributed by atoms with Crippen molar-refractivity contribution in [3.05, 3.63) is 30.1 Å². The van der Waals surface area contributed by atoms with Crippen molar-refractivity contribution in [3.63, 3.8) is 0 Å². The minimum Gasteiger partial charge on any atom is -0.340 e. The third-order valence-corrected chi connectivity index (χ3v) is 4.82. The van der Waals surface area contributed by atoms with E-state index < -0.39 is 0 Å². The molecule has 0 aliphatic carbocycles. The highest BCUT2D eigenvalue weighted by atomic mass is 16.2. The van der Waals surface area contributed by atoms with E-state index in [-0.39, 0.29) is 17.9 Å². The van der Waals surface area contributed by atoms with Crippen LogP contribution in [0.3, 0.4) is 0 Å². The highest BCUT2D eigenvalue weighted by Crippen LogP contribution is 2.31. The standard InChI is InChI=1S/C19H28N4O/c1-14(2)23-13-15(12-18(23)24)19-20-16-8-5-6-9-17(16)22(19)11-7-10-21(3)4/h5-6,8-9,14-15H,7,10-13H2,1-4H3. The lowest BCUT2D eigenvalue weighted by Crippen LogP contribution is -2.32. The maximum absolute atomic E-state index is 12.3. The molecule has 1 aliphatic heterocycles. The van der Waals surface area contributed by atoms with E-state index in [2.05, 4.69) is 55.6 Å². The van der Waals surface area contributed by atoms with Gasteiger partial charge in [0.25, 0.3) is 0 Å². The molecule has 1 aliphatic rings. The third kappa shape index (κ3) is 3.31. The molecule has 0 saturated carbocycles. The lowest BCUT2D eigenvalue weighted by atomic mass is 10.1. The Labute approximate surface area is 144 Å². The molecule has 0 spiro atoms. The molecule has 1 amide bonds. The van der Waals surface area contributed by atoms with Crippen molar-refractivity contribution in [2.24, 2.45) is 0 Å². The topological polar surface area (TPSA) is 41.4 Å². The molecule has 1 atom stereocenters. The molecule has 0 radical (unpaired) electrons. The average Bonchev–Trinajstić information content (AvgIpc) is 3.08. The molecule has 1 saturated heterocycles. The zero-order valence-electron chi connectivity index (χ0n) is 15.2. The molecule has 1 aromatic carbocycles. The van der Waals surface area contributed by atoms with Gasteiger partial charge in [-0.25, -0.2) is 4.98 Å². The number of aromatic nitrogens is 2. The van der Waals surface area contributed by atoms with E-state index in [0.29, 0.717) is 6.42 Å². The van der Waals surface area contributed by atoms with Crippen LogP contribution in [0.4, 0.5) is 0 Å². The maximum atomic E-state index is 12.3. The van der Waals surface area contributed by atoms with Crippen molar-refractivity contribution in [3.8, 4) is 0 Å². The van der Waals surface area contributed by atoms with E-state index >= 15 is 0 Å². The summed E-state index contributed by atoms with van der Waals surface area (Å²) in [6.07, 6.45) is 1.66. The summed E-state index contributed by atoms with van der Waals surface area (Å²) in [5.74, 6) is 1.53. The van der Waals surface area contributed by atoms with Crippen LogP contribution >= 0.6 is 0 Å². The molecule has 1 unspecified atom stereocenters. The van der Waals surface area contributed by atoms with Gasteiger partial charge >= 0.3 is 0 Å². The second-order valence-electron chi connectivity index (χ2n) is 7.31. The number of carbonyl (C=O) groups is 1. The first-order valence-corrected chi connectivity index (χ1v) is 8.86. The number of fused-ring (bicyclic) bond motifs is 1. The fraction of sp³-hybridized carbons (Fsp3) is 0.579. The van der Waals surface area contributed by atoms with Crippen molar-refractivity contribution in [1.82, 2.24) is 19.4 Å². The summed E-state index contributed by atoms with van der Waals surface area (Å²) in [6, 6.07) is 8.56. The predicted molar refractivity (Wildman–Crippen MR) is 97.1 cm³/mol. The summed E-state index contributed by atoms with van der Waals surface area (Å²) in [4.78, 5) is 21.4. The first kappa shape index (κ1) is 17.0. The molecule has 3 rings (SSSR count). The zero-order chi connectivity index (χ0) is 17.3. The Morgan fingerprint density at radius 2 is 2.04 bits per heavy atom. The number of amides is 1. The van der Waals surface area contributed by atoms with Crippen LogP contribution in [0, 0.1) is 0 Å². The summed E-state index contributed by atoms with van der Waals surface area (Å²) in [7, 11) is 4.20. The first-order chi connectivity index (χ1) is 11.5. The molecule has 130 valence electrons. The Morgan fingerprint density at radius 3 is 2.71 bits per heavy atom. The van der Waals surface area contributed by atoms with Crippen molar-refractivity contribution in [1.29, 1.82) is 0 Å². The Balaban J connectivity index is 1.90. The van der Waals surface area contributed by atoms with Crippen LogP contribution in [0.5, 0.6) is 0 Å². The van der Waals surface area contributed by atoms with E-state index in [4.69, 9.17) is 4.98 Å². The van der Waals surface area contributed by atoms with Crippen LogP contribution in [0.2, 0.25) is 0 Å². The quantitative estimate of drug-likeness (QED) is 0.819. The van der Waals surface area contributed by atoms with Crippen LogP contribution in [-0.4, -0.2) is 58.5 Å². The first-order valence-electron chi connectivity index (χ1n) is 8.86. The smallest absolute Gasteiger partial charge is 0.223 e. The summed E-state index contributed by atoms with van der Waals surface area (Å²) in [6.45, 7) is 6.95. The number of nitrogens with zero attached hydrogens (tertiary/aromatic N) is 4. The van der Waals surface area contributed by atoms with Crippen LogP contribution in [-0.2, 0) is 11.3 Å². The number of likely N-dealkylation sites (tertiary alicyclic amines) is 1. The molecule has 1 aromatic heterocycles. The van der Waals surface area contributed by atoms with Crippen LogP contribution in [0.25, 0.3) is 11.0 Å². The second kappa shape index (κ2) is 6.93. The fourth-order valence-corrected chi connectivity index (χ4v) is 3.59. The maximum Gasteiger partial charge on any atom is 0.223 e. The Kier molecular flexibility index (Phi) is 4.90. The van der Waals surface area contributed by atoms with Gasteiger partial charge in [-0.3, -0.25) is 4.79 Å². The van der Waals surface area contributed by atoms with Gasteiger partial charge in [-0.15, -0.1) is 0 Å². The van der Waals surface area contributed by atoms with Gasteiger partial charge in [0, 0.05) is 31.5 Å². The number of hydrogen-bond acceptors (Lipinski definition) is 3. The minimum absolute atomic E-state index is 0.201. The van der Waals surface area contributed by atoms with Gasteiger partial charge in [0.1, 0.15) is 5.82 Å². The van der Waals surface area contributed by atoms with Gasteiger partial charge in [-0.05, 0) is 53.0 Å². The third-order valence-electron chi connectivity index (χ3n) is 4.82. The number of aryl methyl sites for hydroxylation is 1. The normalized spacial score (nSPS) is 18.5. The number of rotatable bonds is 6. The summed E-state index contributed by atoms with van der Waals surface area (Å²) >= 11 is 0. The SMILES string of the molecule is CC(C)N1CC(c2nc3ccccc3n2CCCN(C)C)CC1=O. The summed E-state index contributed by atoms with van der Waals surface area (Å²) < 4.78 is 2.33. The van der Waals surface area contributed by atoms with Gasteiger partial charge in [0.15, 0.2) is 0 Å². The van der Waals surface area contributed by atoms with E-state index in [1.54, 1.807) is 0 Å². The van der Waals surface area contributed by atoms with Crippen LogP contribution in [0.15, 0.2) is 24.3 Å². The molecule has 1 fully saturated rings. The Bertz CT molecular complexity index is 719. The second-order valence-corrected chi connectivity index (χ2v) is 7.31. The molecule has 0 N–H and O–H groups in total. The van der Waals surface area contributed by atoms with Crippen molar-refractivity contribution < 1.29 is 4.79 Å².